The Morgan fingerprint density at radius 3 is 2.80 bits per heavy atom. The first kappa shape index (κ1) is 14.5. The van der Waals surface area contributed by atoms with Gasteiger partial charge < -0.3 is 10.2 Å². The summed E-state index contributed by atoms with van der Waals surface area (Å²) in [4.78, 5) is 6.34. The van der Waals surface area contributed by atoms with Gasteiger partial charge in [-0.05, 0) is 24.7 Å². The molecule has 2 aromatic rings. The second-order valence-electron chi connectivity index (χ2n) is 4.73. The lowest BCUT2D eigenvalue weighted by atomic mass is 10.2. The molecule has 0 aliphatic rings. The topological polar surface area (TPSA) is 28.2 Å². The molecule has 1 heterocycles. The van der Waals surface area contributed by atoms with Crippen LogP contribution in [0.2, 0.25) is 0 Å². The zero-order valence-corrected chi connectivity index (χ0v) is 11.9. The molecule has 0 unspecified atom stereocenters. The van der Waals surface area contributed by atoms with Gasteiger partial charge in [0.15, 0.2) is 0 Å². The molecular formula is C16H20FN3. The van der Waals surface area contributed by atoms with Crippen LogP contribution in [0, 0.1) is 5.82 Å². The predicted octanol–water partition coefficient (Wildman–Crippen LogP) is 2.97. The van der Waals surface area contributed by atoms with Gasteiger partial charge in [0.25, 0.3) is 0 Å². The van der Waals surface area contributed by atoms with Crippen LogP contribution in [0.4, 0.5) is 10.1 Å². The number of halogens is 1. The Hall–Kier alpha value is -1.94. The van der Waals surface area contributed by atoms with Crippen molar-refractivity contribution >= 4 is 5.69 Å². The molecule has 0 aliphatic carbocycles. The largest absolute Gasteiger partial charge is 0.370 e. The van der Waals surface area contributed by atoms with Gasteiger partial charge in [0, 0.05) is 37.6 Å². The van der Waals surface area contributed by atoms with Crippen LogP contribution in [-0.2, 0) is 13.1 Å². The Bertz CT molecular complexity index is 557. The van der Waals surface area contributed by atoms with Gasteiger partial charge in [0.1, 0.15) is 5.82 Å². The van der Waals surface area contributed by atoms with Crippen molar-refractivity contribution in [3.63, 3.8) is 0 Å². The summed E-state index contributed by atoms with van der Waals surface area (Å²) >= 11 is 0. The lowest BCUT2D eigenvalue weighted by Crippen LogP contribution is -2.18. The lowest BCUT2D eigenvalue weighted by Gasteiger charge is -2.20. The number of nitrogens with one attached hydrogen (secondary N) is 1. The van der Waals surface area contributed by atoms with Crippen molar-refractivity contribution in [2.75, 3.05) is 18.5 Å². The maximum absolute atomic E-state index is 13.7. The molecule has 106 valence electrons. The summed E-state index contributed by atoms with van der Waals surface area (Å²) < 4.78 is 13.7. The molecule has 0 saturated heterocycles. The van der Waals surface area contributed by atoms with Crippen LogP contribution in [0.3, 0.4) is 0 Å². The SMILES string of the molecule is CCNCc1cc(N(C)Cc2ccccc2F)ccn1. The Morgan fingerprint density at radius 1 is 1.25 bits per heavy atom. The van der Waals surface area contributed by atoms with Crippen LogP contribution in [0.1, 0.15) is 18.2 Å². The highest BCUT2D eigenvalue weighted by Crippen LogP contribution is 2.17. The Morgan fingerprint density at radius 2 is 2.05 bits per heavy atom. The highest BCUT2D eigenvalue weighted by Gasteiger charge is 2.07. The van der Waals surface area contributed by atoms with Gasteiger partial charge >= 0.3 is 0 Å². The molecule has 4 heteroatoms. The molecule has 20 heavy (non-hydrogen) atoms. The molecule has 1 aromatic heterocycles. The minimum Gasteiger partial charge on any atom is -0.370 e. The third-order valence-electron chi connectivity index (χ3n) is 3.16. The second-order valence-corrected chi connectivity index (χ2v) is 4.73. The molecule has 1 aromatic carbocycles. The standard InChI is InChI=1S/C16H20FN3/c1-3-18-11-14-10-15(8-9-19-14)20(2)12-13-6-4-5-7-16(13)17/h4-10,18H,3,11-12H2,1-2H3. The summed E-state index contributed by atoms with van der Waals surface area (Å²) in [5.41, 5.74) is 2.72. The Labute approximate surface area is 119 Å². The number of anilines is 1. The van der Waals surface area contributed by atoms with Crippen LogP contribution in [0.25, 0.3) is 0 Å². The van der Waals surface area contributed by atoms with Crippen LogP contribution in [-0.4, -0.2) is 18.6 Å². The number of benzene rings is 1. The van der Waals surface area contributed by atoms with E-state index in [2.05, 4.69) is 17.2 Å². The van der Waals surface area contributed by atoms with Crippen molar-refractivity contribution in [3.8, 4) is 0 Å². The van der Waals surface area contributed by atoms with Gasteiger partial charge in [-0.1, -0.05) is 25.1 Å². The first-order chi connectivity index (χ1) is 9.70. The fourth-order valence-electron chi connectivity index (χ4n) is 2.03. The number of aromatic nitrogens is 1. The predicted molar refractivity (Wildman–Crippen MR) is 80.1 cm³/mol. The molecule has 0 atom stereocenters. The lowest BCUT2D eigenvalue weighted by molar-refractivity contribution is 0.608. The second kappa shape index (κ2) is 7.01. The first-order valence-corrected chi connectivity index (χ1v) is 6.81. The highest BCUT2D eigenvalue weighted by molar-refractivity contribution is 5.46. The van der Waals surface area contributed by atoms with Gasteiger partial charge in [-0.2, -0.15) is 0 Å². The molecule has 0 amide bonds. The van der Waals surface area contributed by atoms with Gasteiger partial charge in [-0.25, -0.2) is 4.39 Å². The van der Waals surface area contributed by atoms with Crippen LogP contribution in [0.15, 0.2) is 42.6 Å². The van der Waals surface area contributed by atoms with Gasteiger partial charge in [0.05, 0.1) is 5.69 Å². The van der Waals surface area contributed by atoms with E-state index in [0.29, 0.717) is 12.1 Å². The van der Waals surface area contributed by atoms with Crippen molar-refractivity contribution in [1.29, 1.82) is 0 Å². The van der Waals surface area contributed by atoms with Gasteiger partial charge in [0.2, 0.25) is 0 Å². The van der Waals surface area contributed by atoms with Crippen molar-refractivity contribution in [1.82, 2.24) is 10.3 Å². The average molecular weight is 273 g/mol. The van der Waals surface area contributed by atoms with E-state index >= 15 is 0 Å². The van der Waals surface area contributed by atoms with E-state index in [9.17, 15) is 4.39 Å². The Balaban J connectivity index is 2.09. The summed E-state index contributed by atoms with van der Waals surface area (Å²) in [7, 11) is 1.96. The van der Waals surface area contributed by atoms with E-state index in [4.69, 9.17) is 0 Å². The summed E-state index contributed by atoms with van der Waals surface area (Å²) in [6.45, 7) is 4.26. The van der Waals surface area contributed by atoms with E-state index in [0.717, 1.165) is 24.5 Å². The number of pyridine rings is 1. The summed E-state index contributed by atoms with van der Waals surface area (Å²) in [6, 6.07) is 10.8. The number of rotatable bonds is 6. The molecule has 0 spiro atoms. The smallest absolute Gasteiger partial charge is 0.128 e. The normalized spacial score (nSPS) is 10.6. The molecule has 0 radical (unpaired) electrons. The molecule has 0 aliphatic heterocycles. The molecular weight excluding hydrogens is 253 g/mol. The average Bonchev–Trinajstić information content (AvgIpc) is 2.48. The van der Waals surface area contributed by atoms with Gasteiger partial charge in [-0.3, -0.25) is 4.98 Å². The van der Waals surface area contributed by atoms with E-state index in [1.165, 1.54) is 6.07 Å². The van der Waals surface area contributed by atoms with Crippen LogP contribution >= 0.6 is 0 Å². The third-order valence-corrected chi connectivity index (χ3v) is 3.16. The number of hydrogen-bond acceptors (Lipinski definition) is 3. The monoisotopic (exact) mass is 273 g/mol. The van der Waals surface area contributed by atoms with Crippen molar-refractivity contribution < 1.29 is 4.39 Å². The van der Waals surface area contributed by atoms with Crippen LogP contribution in [0.5, 0.6) is 0 Å². The minimum atomic E-state index is -0.165. The molecule has 3 nitrogen and oxygen atoms in total. The fourth-order valence-corrected chi connectivity index (χ4v) is 2.03. The summed E-state index contributed by atoms with van der Waals surface area (Å²) in [5.74, 6) is -0.165. The van der Waals surface area contributed by atoms with Crippen molar-refractivity contribution in [2.24, 2.45) is 0 Å². The molecule has 0 fully saturated rings. The third kappa shape index (κ3) is 3.78. The number of nitrogens with zero attached hydrogens (tertiary/aromatic N) is 2. The van der Waals surface area contributed by atoms with Crippen molar-refractivity contribution in [3.05, 3.63) is 59.7 Å². The van der Waals surface area contributed by atoms with E-state index in [-0.39, 0.29) is 5.82 Å². The van der Waals surface area contributed by atoms with Gasteiger partial charge in [-0.15, -0.1) is 0 Å². The maximum atomic E-state index is 13.7. The van der Waals surface area contributed by atoms with Crippen molar-refractivity contribution in [2.45, 2.75) is 20.0 Å². The number of hydrogen-bond donors (Lipinski definition) is 1. The molecule has 1 N–H and O–H groups in total. The quantitative estimate of drug-likeness (QED) is 0.877. The first-order valence-electron chi connectivity index (χ1n) is 6.81. The molecule has 2 rings (SSSR count). The molecule has 0 bridgehead atoms. The molecule has 0 saturated carbocycles. The summed E-state index contributed by atoms with van der Waals surface area (Å²) in [6.07, 6.45) is 1.79. The zero-order valence-electron chi connectivity index (χ0n) is 11.9. The van der Waals surface area contributed by atoms with E-state index < -0.39 is 0 Å². The van der Waals surface area contributed by atoms with E-state index in [1.807, 2.05) is 36.2 Å². The highest BCUT2D eigenvalue weighted by atomic mass is 19.1. The fraction of sp³-hybridized carbons (Fsp3) is 0.312. The maximum Gasteiger partial charge on any atom is 0.128 e. The summed E-state index contributed by atoms with van der Waals surface area (Å²) in [5, 5.41) is 3.25. The minimum absolute atomic E-state index is 0.165. The van der Waals surface area contributed by atoms with Crippen LogP contribution < -0.4 is 10.2 Å². The Kier molecular flexibility index (Phi) is 5.07. The van der Waals surface area contributed by atoms with E-state index in [1.54, 1.807) is 12.3 Å². The zero-order chi connectivity index (χ0) is 14.4.